The molecule has 11 aromatic carbocycles. The Hall–Kier alpha value is -9.18. The zero-order valence-corrected chi connectivity index (χ0v) is 38.3. The zero-order valence-electron chi connectivity index (χ0n) is 38.3. The molecule has 0 radical (unpaired) electrons. The van der Waals surface area contributed by atoms with Crippen LogP contribution in [0.1, 0.15) is 22.3 Å². The molecule has 2 aliphatic rings. The highest BCUT2D eigenvalue weighted by Gasteiger charge is 2.53. The lowest BCUT2D eigenvalue weighted by atomic mass is 9.70. The highest BCUT2D eigenvalue weighted by atomic mass is 15.2. The number of para-hydroxylation sites is 4. The van der Waals surface area contributed by atoms with Gasteiger partial charge in [0.2, 0.25) is 0 Å². The van der Waals surface area contributed by atoms with E-state index < -0.39 is 5.41 Å². The maximum absolute atomic E-state index is 2.50. The van der Waals surface area contributed by atoms with Gasteiger partial charge in [-0.2, -0.15) is 0 Å². The van der Waals surface area contributed by atoms with Crippen molar-refractivity contribution in [3.8, 4) is 39.1 Å². The van der Waals surface area contributed by atoms with Crippen LogP contribution in [-0.2, 0) is 5.41 Å². The molecule has 1 spiro atoms. The fourth-order valence-electron chi connectivity index (χ4n) is 12.0. The minimum Gasteiger partial charge on any atom is -0.310 e. The van der Waals surface area contributed by atoms with E-state index in [2.05, 4.69) is 287 Å². The smallest absolute Gasteiger partial charge is 0.0727 e. The third-order valence-corrected chi connectivity index (χ3v) is 14.8. The van der Waals surface area contributed by atoms with E-state index in [-0.39, 0.29) is 0 Å². The second-order valence-corrected chi connectivity index (χ2v) is 18.4. The summed E-state index contributed by atoms with van der Waals surface area (Å²) in [4.78, 5) is 4.93. The van der Waals surface area contributed by atoms with E-state index in [1.54, 1.807) is 0 Å². The van der Waals surface area contributed by atoms with Crippen molar-refractivity contribution in [2.75, 3.05) is 9.80 Å². The van der Waals surface area contributed by atoms with Crippen LogP contribution < -0.4 is 9.80 Å². The van der Waals surface area contributed by atoms with Gasteiger partial charge in [0.1, 0.15) is 0 Å². The van der Waals surface area contributed by atoms with E-state index in [0.717, 1.165) is 45.3 Å². The fourth-order valence-corrected chi connectivity index (χ4v) is 12.0. The second kappa shape index (κ2) is 16.0. The Morgan fingerprint density at radius 3 is 1.31 bits per heavy atom. The first-order valence-electron chi connectivity index (χ1n) is 24.2. The van der Waals surface area contributed by atoms with Gasteiger partial charge in [-0.05, 0) is 123 Å². The Labute approximate surface area is 408 Å². The molecule has 70 heavy (non-hydrogen) atoms. The lowest BCUT2D eigenvalue weighted by Crippen LogP contribution is -2.26. The molecule has 1 atom stereocenters. The van der Waals surface area contributed by atoms with Crippen molar-refractivity contribution in [3.63, 3.8) is 0 Å². The van der Waals surface area contributed by atoms with Gasteiger partial charge in [0.05, 0.1) is 27.8 Å². The van der Waals surface area contributed by atoms with Crippen molar-refractivity contribution in [1.82, 2.24) is 4.57 Å². The average molecular weight is 892 g/mol. The molecule has 12 aromatic rings. The van der Waals surface area contributed by atoms with Crippen molar-refractivity contribution in [3.05, 3.63) is 295 Å². The lowest BCUT2D eigenvalue weighted by Gasteiger charge is -2.32. The average Bonchev–Trinajstić information content (AvgIpc) is 4.05. The largest absolute Gasteiger partial charge is 0.310 e. The van der Waals surface area contributed by atoms with Crippen LogP contribution in [0, 0.1) is 0 Å². The third kappa shape index (κ3) is 5.88. The number of rotatable bonds is 8. The van der Waals surface area contributed by atoms with Gasteiger partial charge in [-0.3, -0.25) is 0 Å². The highest BCUT2D eigenvalue weighted by molar-refractivity contribution is 6.11. The third-order valence-electron chi connectivity index (χ3n) is 14.8. The molecule has 3 heteroatoms. The molecular formula is C67H45N3. The standard InChI is InChI=1S/C67H45N3/c1-5-21-46(22-6-1)47-39-41-51(42-40-47)69(52-43-44-54-53-29-15-18-36-61(53)70(64(54)45-52)50-27-11-4-12-28-50)63-38-20-35-60-66(63)56-31-14-17-33-58(56)67(60)57-32-16-13-30-55(57)65-59(67)34-19-37-62(65)68(48-23-7-2-8-24-48)49-25-9-3-10-26-49/h1-45H. The molecule has 0 aliphatic heterocycles. The van der Waals surface area contributed by atoms with Gasteiger partial charge < -0.3 is 14.4 Å². The topological polar surface area (TPSA) is 11.4 Å². The molecule has 3 nitrogen and oxygen atoms in total. The fraction of sp³-hybridized carbons (Fsp3) is 0.0149. The Bertz CT molecular complexity index is 3900. The molecule has 0 N–H and O–H groups in total. The molecule has 14 rings (SSSR count). The molecule has 328 valence electrons. The van der Waals surface area contributed by atoms with Gasteiger partial charge >= 0.3 is 0 Å². The van der Waals surface area contributed by atoms with Crippen molar-refractivity contribution in [2.24, 2.45) is 0 Å². The van der Waals surface area contributed by atoms with Gasteiger partial charge in [0, 0.05) is 50.3 Å². The molecule has 1 aromatic heterocycles. The number of benzene rings is 11. The van der Waals surface area contributed by atoms with Crippen LogP contribution in [0.25, 0.3) is 60.9 Å². The quantitative estimate of drug-likeness (QED) is 0.151. The van der Waals surface area contributed by atoms with Crippen LogP contribution in [0.2, 0.25) is 0 Å². The molecule has 2 aliphatic carbocycles. The van der Waals surface area contributed by atoms with Gasteiger partial charge in [-0.15, -0.1) is 0 Å². The molecule has 0 saturated heterocycles. The Morgan fingerprint density at radius 1 is 0.286 bits per heavy atom. The summed E-state index contributed by atoms with van der Waals surface area (Å²) in [6, 6.07) is 100. The summed E-state index contributed by atoms with van der Waals surface area (Å²) in [5.74, 6) is 0. The van der Waals surface area contributed by atoms with Crippen molar-refractivity contribution in [1.29, 1.82) is 0 Å². The summed E-state index contributed by atoms with van der Waals surface area (Å²) in [6.45, 7) is 0. The van der Waals surface area contributed by atoms with Gasteiger partial charge in [-0.25, -0.2) is 0 Å². The maximum atomic E-state index is 2.50. The molecule has 0 fully saturated rings. The summed E-state index contributed by atoms with van der Waals surface area (Å²) in [5, 5.41) is 2.46. The van der Waals surface area contributed by atoms with E-state index in [1.165, 1.54) is 71.9 Å². The van der Waals surface area contributed by atoms with Crippen LogP contribution in [-0.4, -0.2) is 4.57 Å². The van der Waals surface area contributed by atoms with Crippen LogP contribution in [0.4, 0.5) is 34.1 Å². The minimum atomic E-state index is -0.588. The zero-order chi connectivity index (χ0) is 46.2. The van der Waals surface area contributed by atoms with Gasteiger partial charge in [0.15, 0.2) is 0 Å². The maximum Gasteiger partial charge on any atom is 0.0727 e. The van der Waals surface area contributed by atoms with Crippen LogP contribution >= 0.6 is 0 Å². The Balaban J connectivity index is 1.04. The summed E-state index contributed by atoms with van der Waals surface area (Å²) in [6.07, 6.45) is 0. The summed E-state index contributed by atoms with van der Waals surface area (Å²) in [7, 11) is 0. The van der Waals surface area contributed by atoms with Crippen molar-refractivity contribution < 1.29 is 0 Å². The SMILES string of the molecule is c1ccc(-c2ccc(N(c3ccc4c5ccccc5n(-c5ccccc5)c4c3)c3cccc4c3-c3ccccc3C43c4ccccc4-c4c(N(c5ccccc5)c5ccccc5)cccc43)cc2)cc1. The predicted molar refractivity (Wildman–Crippen MR) is 292 cm³/mol. The van der Waals surface area contributed by atoms with Gasteiger partial charge in [0.25, 0.3) is 0 Å². The van der Waals surface area contributed by atoms with E-state index in [4.69, 9.17) is 0 Å². The first-order chi connectivity index (χ1) is 34.8. The van der Waals surface area contributed by atoms with E-state index in [9.17, 15) is 0 Å². The molecule has 0 saturated carbocycles. The number of hydrogen-bond acceptors (Lipinski definition) is 2. The van der Waals surface area contributed by atoms with E-state index in [1.807, 2.05) is 0 Å². The number of aromatic nitrogens is 1. The van der Waals surface area contributed by atoms with Crippen LogP contribution in [0.15, 0.2) is 273 Å². The Morgan fingerprint density at radius 2 is 0.714 bits per heavy atom. The normalized spacial score (nSPS) is 14.1. The molecular weight excluding hydrogens is 847 g/mol. The summed E-state index contributed by atoms with van der Waals surface area (Å²) >= 11 is 0. The number of anilines is 6. The molecule has 1 heterocycles. The predicted octanol–water partition coefficient (Wildman–Crippen LogP) is 17.7. The minimum absolute atomic E-state index is 0.588. The molecule has 0 amide bonds. The molecule has 1 unspecified atom stereocenters. The Kier molecular flexibility index (Phi) is 9.11. The first kappa shape index (κ1) is 39.9. The number of hydrogen-bond donors (Lipinski definition) is 0. The van der Waals surface area contributed by atoms with E-state index in [0.29, 0.717) is 0 Å². The lowest BCUT2D eigenvalue weighted by molar-refractivity contribution is 0.793. The van der Waals surface area contributed by atoms with E-state index >= 15 is 0 Å². The van der Waals surface area contributed by atoms with Crippen molar-refractivity contribution in [2.45, 2.75) is 5.41 Å². The first-order valence-corrected chi connectivity index (χ1v) is 24.2. The monoisotopic (exact) mass is 891 g/mol. The van der Waals surface area contributed by atoms with Crippen LogP contribution in [0.3, 0.4) is 0 Å². The number of nitrogens with zero attached hydrogens (tertiary/aromatic N) is 3. The number of fused-ring (bicyclic) bond motifs is 13. The summed E-state index contributed by atoms with van der Waals surface area (Å²) < 4.78 is 2.42. The van der Waals surface area contributed by atoms with Crippen molar-refractivity contribution >= 4 is 55.9 Å². The van der Waals surface area contributed by atoms with Gasteiger partial charge in [-0.1, -0.05) is 194 Å². The van der Waals surface area contributed by atoms with Crippen LogP contribution in [0.5, 0.6) is 0 Å². The summed E-state index contributed by atoms with van der Waals surface area (Å²) in [5.41, 5.74) is 22.1. The second-order valence-electron chi connectivity index (χ2n) is 18.4. The highest BCUT2D eigenvalue weighted by Crippen LogP contribution is 2.66. The molecule has 0 bridgehead atoms.